The van der Waals surface area contributed by atoms with E-state index >= 15 is 0 Å². The molecule has 0 N–H and O–H groups in total. The molecule has 0 saturated carbocycles. The standard InChI is InChI=1S/C13H13P.C7H9PS.C6H6/c1-14(12-8-4-2-5-9-12)13-10-6-3-7-11-13;1-3-5-6-7(4-2)8-9;1-2-4-6-5-3-1/h1-2,4-6,8-11H,3,7H2;3-6H,2H2,1H3;1-6H/b;5-3-,7-6+;. The van der Waals surface area contributed by atoms with Gasteiger partial charge < -0.3 is 0 Å². The summed E-state index contributed by atoms with van der Waals surface area (Å²) in [7, 11) is 0.240. The van der Waals surface area contributed by atoms with Crippen LogP contribution in [0.25, 0.3) is 0 Å². The second-order valence-electron chi connectivity index (χ2n) is 5.88. The fourth-order valence-corrected chi connectivity index (χ4v) is 4.24. The lowest BCUT2D eigenvalue weighted by molar-refractivity contribution is 1.03. The molecule has 0 aliphatic heterocycles. The molecule has 2 aromatic rings. The van der Waals surface area contributed by atoms with Gasteiger partial charge >= 0.3 is 0 Å². The van der Waals surface area contributed by atoms with Crippen molar-refractivity contribution in [1.82, 2.24) is 0 Å². The zero-order chi connectivity index (χ0) is 21.2. The normalized spacial score (nSPS) is 13.4. The van der Waals surface area contributed by atoms with Crippen LogP contribution in [0.4, 0.5) is 0 Å². The van der Waals surface area contributed by atoms with Crippen LogP contribution in [0.5, 0.6) is 0 Å². The molecule has 0 fully saturated rings. The molecule has 0 heterocycles. The molecule has 0 spiro atoms. The highest BCUT2D eigenvalue weighted by molar-refractivity contribution is 7.98. The zero-order valence-electron chi connectivity index (χ0n) is 16.9. The van der Waals surface area contributed by atoms with Crippen molar-refractivity contribution < 1.29 is 0 Å². The van der Waals surface area contributed by atoms with E-state index in [1.807, 2.05) is 79.7 Å². The maximum atomic E-state index is 6.22. The molecule has 1 atom stereocenters. The fraction of sp³-hybridized carbons (Fsp3) is 0.115. The van der Waals surface area contributed by atoms with Crippen LogP contribution in [0, 0.1) is 6.13 Å². The molecule has 0 amide bonds. The summed E-state index contributed by atoms with van der Waals surface area (Å²) < 4.78 is 0. The smallest absolute Gasteiger partial charge is 0.0121 e. The topological polar surface area (TPSA) is 0 Å². The summed E-state index contributed by atoms with van der Waals surface area (Å²) in [6.07, 6.45) is 22.8. The summed E-state index contributed by atoms with van der Waals surface area (Å²) >= 11 is 4.78. The predicted octanol–water partition coefficient (Wildman–Crippen LogP) is 8.34. The molecule has 3 heteroatoms. The third kappa shape index (κ3) is 11.4. The third-order valence-corrected chi connectivity index (χ3v) is 6.65. The summed E-state index contributed by atoms with van der Waals surface area (Å²) in [5.41, 5.74) is 0. The Kier molecular flexibility index (Phi) is 14.2. The van der Waals surface area contributed by atoms with Crippen LogP contribution in [-0.4, -0.2) is 0 Å². The number of hydrogen-bond acceptors (Lipinski definition) is 1. The summed E-state index contributed by atoms with van der Waals surface area (Å²) in [5.74, 6) is 0. The van der Waals surface area contributed by atoms with E-state index in [-0.39, 0.29) is 0 Å². The zero-order valence-corrected chi connectivity index (χ0v) is 19.5. The van der Waals surface area contributed by atoms with E-state index in [1.165, 1.54) is 10.6 Å². The quantitative estimate of drug-likeness (QED) is 0.345. The van der Waals surface area contributed by atoms with E-state index in [9.17, 15) is 0 Å². The van der Waals surface area contributed by atoms with Gasteiger partial charge in [0.05, 0.1) is 0 Å². The van der Waals surface area contributed by atoms with Crippen LogP contribution >= 0.6 is 14.7 Å². The van der Waals surface area contributed by atoms with Crippen molar-refractivity contribution in [1.29, 1.82) is 0 Å². The van der Waals surface area contributed by atoms with E-state index < -0.39 is 7.38 Å². The summed E-state index contributed by atoms with van der Waals surface area (Å²) in [4.78, 5) is 0. The highest BCUT2D eigenvalue weighted by Crippen LogP contribution is 2.32. The van der Waals surface area contributed by atoms with Gasteiger partial charge in [0.2, 0.25) is 0 Å². The maximum Gasteiger partial charge on any atom is 0.0121 e. The van der Waals surface area contributed by atoms with Crippen LogP contribution in [0.3, 0.4) is 0 Å². The van der Waals surface area contributed by atoms with Crippen LogP contribution in [0.1, 0.15) is 19.8 Å². The number of rotatable bonds is 3. The molecule has 148 valence electrons. The van der Waals surface area contributed by atoms with Crippen molar-refractivity contribution >= 4 is 31.8 Å². The lowest BCUT2D eigenvalue weighted by Crippen LogP contribution is -1.94. The van der Waals surface area contributed by atoms with Crippen LogP contribution in [-0.2, 0) is 11.8 Å². The van der Waals surface area contributed by atoms with E-state index in [0.29, 0.717) is 0 Å². The molecular formula is C26H28P2S. The molecule has 3 rings (SSSR count). The molecule has 1 aliphatic rings. The van der Waals surface area contributed by atoms with Gasteiger partial charge in [-0.05, 0) is 33.2 Å². The molecule has 0 nitrogen and oxygen atoms in total. The average molecular weight is 435 g/mol. The molecule has 0 bridgehead atoms. The fourth-order valence-electron chi connectivity index (χ4n) is 2.23. The van der Waals surface area contributed by atoms with E-state index in [2.05, 4.69) is 36.9 Å². The molecule has 0 aromatic heterocycles. The molecule has 29 heavy (non-hydrogen) atoms. The summed E-state index contributed by atoms with van der Waals surface area (Å²) in [6, 6.07) is 22.3. The summed E-state index contributed by atoms with van der Waals surface area (Å²) in [5, 5.41) is 3.63. The predicted molar refractivity (Wildman–Crippen MR) is 138 cm³/mol. The van der Waals surface area contributed by atoms with Gasteiger partial charge in [0, 0.05) is 23.3 Å². The Morgan fingerprint density at radius 2 is 1.62 bits per heavy atom. The Bertz CT molecular complexity index is 875. The van der Waals surface area contributed by atoms with Gasteiger partial charge in [0.25, 0.3) is 0 Å². The minimum atomic E-state index is -0.620. The van der Waals surface area contributed by atoms with Crippen molar-refractivity contribution in [2.24, 2.45) is 0 Å². The number of allylic oxidation sites excluding steroid dienone is 9. The molecule has 2 aromatic carbocycles. The molecule has 1 unspecified atom stereocenters. The first kappa shape index (κ1) is 24.8. The lowest BCUT2D eigenvalue weighted by atomic mass is 10.2. The van der Waals surface area contributed by atoms with Crippen LogP contribution in [0.2, 0.25) is 0 Å². The first-order valence-corrected chi connectivity index (χ1v) is 12.8. The van der Waals surface area contributed by atoms with Crippen molar-refractivity contribution in [2.45, 2.75) is 19.8 Å². The Morgan fingerprint density at radius 1 is 1.03 bits per heavy atom. The lowest BCUT2D eigenvalue weighted by Gasteiger charge is -2.08. The largest absolute Gasteiger partial charge is 0.137 e. The Hall–Kier alpha value is -2.26. The minimum absolute atomic E-state index is 0.620. The van der Waals surface area contributed by atoms with E-state index in [4.69, 9.17) is 17.9 Å². The van der Waals surface area contributed by atoms with Gasteiger partial charge in [-0.1, -0.05) is 122 Å². The molecule has 0 radical (unpaired) electrons. The van der Waals surface area contributed by atoms with Crippen LogP contribution in [0.15, 0.2) is 126 Å². The highest BCUT2D eigenvalue weighted by Gasteiger charge is 2.02. The maximum absolute atomic E-state index is 6.22. The van der Waals surface area contributed by atoms with E-state index in [0.717, 1.165) is 25.5 Å². The third-order valence-electron chi connectivity index (χ3n) is 3.73. The number of hydrogen-bond donors (Lipinski definition) is 0. The Labute approximate surface area is 184 Å². The average Bonchev–Trinajstić information content (AvgIpc) is 2.82. The second kappa shape index (κ2) is 16.7. The van der Waals surface area contributed by atoms with Crippen molar-refractivity contribution in [3.63, 3.8) is 0 Å². The number of benzene rings is 2. The monoisotopic (exact) mass is 434 g/mol. The Morgan fingerprint density at radius 3 is 2.07 bits per heavy atom. The van der Waals surface area contributed by atoms with Gasteiger partial charge in [-0.25, -0.2) is 0 Å². The van der Waals surface area contributed by atoms with Gasteiger partial charge in [-0.15, -0.1) is 6.13 Å². The van der Waals surface area contributed by atoms with Crippen LogP contribution < -0.4 is 5.30 Å². The first-order valence-electron chi connectivity index (χ1n) is 9.48. The SMILES string of the molecule is C#P(C1=CCCC=C1)c1ccccc1.C=C/C(=C\C=C/C)P=S.c1ccccc1. The second-order valence-corrected chi connectivity index (χ2v) is 8.90. The van der Waals surface area contributed by atoms with Crippen molar-refractivity contribution in [3.8, 4) is 6.13 Å². The van der Waals surface area contributed by atoms with Crippen molar-refractivity contribution in [2.75, 3.05) is 0 Å². The molecule has 1 aliphatic carbocycles. The summed E-state index contributed by atoms with van der Waals surface area (Å²) in [6.45, 7) is 5.58. The molecular weight excluding hydrogens is 406 g/mol. The van der Waals surface area contributed by atoms with Gasteiger partial charge in [-0.3, -0.25) is 0 Å². The van der Waals surface area contributed by atoms with Gasteiger partial charge in [0.1, 0.15) is 0 Å². The van der Waals surface area contributed by atoms with Gasteiger partial charge in [-0.2, -0.15) is 0 Å². The first-order chi connectivity index (χ1) is 14.2. The van der Waals surface area contributed by atoms with E-state index in [1.54, 1.807) is 6.08 Å². The van der Waals surface area contributed by atoms with Crippen molar-refractivity contribution in [3.05, 3.63) is 126 Å². The molecule has 0 saturated heterocycles. The minimum Gasteiger partial charge on any atom is -0.137 e. The Balaban J connectivity index is 0.000000241. The highest BCUT2D eigenvalue weighted by atomic mass is 32.4. The van der Waals surface area contributed by atoms with Gasteiger partial charge in [0.15, 0.2) is 0 Å².